The van der Waals surface area contributed by atoms with Crippen molar-refractivity contribution in [2.45, 2.75) is 52.6 Å². The Labute approximate surface area is 126 Å². The highest BCUT2D eigenvalue weighted by Crippen LogP contribution is 2.28. The summed E-state index contributed by atoms with van der Waals surface area (Å²) in [5.41, 5.74) is 1.26. The molecule has 1 aliphatic rings. The third kappa shape index (κ3) is 4.43. The maximum atomic E-state index is 5.46. The third-order valence-electron chi connectivity index (χ3n) is 3.59. The molecule has 1 heterocycles. The SMILES string of the molecule is CCOCCN(CC)c1nc(CC)c(CNC2CC2)s1. The van der Waals surface area contributed by atoms with Crippen molar-refractivity contribution >= 4 is 16.5 Å². The molecule has 0 atom stereocenters. The molecule has 1 fully saturated rings. The van der Waals surface area contributed by atoms with Gasteiger partial charge in [0.1, 0.15) is 0 Å². The van der Waals surface area contributed by atoms with E-state index in [0.717, 1.165) is 50.4 Å². The van der Waals surface area contributed by atoms with Crippen molar-refractivity contribution in [3.63, 3.8) is 0 Å². The van der Waals surface area contributed by atoms with Crippen LogP contribution in [0.4, 0.5) is 5.13 Å². The first-order valence-corrected chi connectivity index (χ1v) is 8.64. The van der Waals surface area contributed by atoms with Gasteiger partial charge < -0.3 is 15.0 Å². The van der Waals surface area contributed by atoms with Crippen molar-refractivity contribution in [1.82, 2.24) is 10.3 Å². The molecule has 20 heavy (non-hydrogen) atoms. The first-order valence-electron chi connectivity index (χ1n) is 7.83. The molecule has 0 saturated heterocycles. The molecule has 114 valence electrons. The van der Waals surface area contributed by atoms with Gasteiger partial charge >= 0.3 is 0 Å². The van der Waals surface area contributed by atoms with Gasteiger partial charge in [0, 0.05) is 37.2 Å². The summed E-state index contributed by atoms with van der Waals surface area (Å²) in [6.07, 6.45) is 3.69. The van der Waals surface area contributed by atoms with E-state index in [1.54, 1.807) is 0 Å². The number of likely N-dealkylation sites (N-methyl/N-ethyl adjacent to an activating group) is 1. The summed E-state index contributed by atoms with van der Waals surface area (Å²) in [5.74, 6) is 0. The zero-order chi connectivity index (χ0) is 14.4. The van der Waals surface area contributed by atoms with Gasteiger partial charge in [0.2, 0.25) is 0 Å². The molecule has 0 bridgehead atoms. The van der Waals surface area contributed by atoms with Gasteiger partial charge in [-0.3, -0.25) is 0 Å². The van der Waals surface area contributed by atoms with E-state index in [0.29, 0.717) is 0 Å². The molecule has 0 radical (unpaired) electrons. The van der Waals surface area contributed by atoms with Crippen molar-refractivity contribution in [1.29, 1.82) is 0 Å². The highest BCUT2D eigenvalue weighted by atomic mass is 32.1. The molecular weight excluding hydrogens is 270 g/mol. The average molecular weight is 297 g/mol. The van der Waals surface area contributed by atoms with Gasteiger partial charge in [0.05, 0.1) is 12.3 Å². The normalized spacial score (nSPS) is 14.8. The number of ether oxygens (including phenoxy) is 1. The molecule has 0 unspecified atom stereocenters. The summed E-state index contributed by atoms with van der Waals surface area (Å²) >= 11 is 1.84. The first-order chi connectivity index (χ1) is 9.78. The molecule has 0 aliphatic heterocycles. The summed E-state index contributed by atoms with van der Waals surface area (Å²) in [4.78, 5) is 8.55. The van der Waals surface area contributed by atoms with Crippen LogP contribution in [-0.4, -0.2) is 37.3 Å². The lowest BCUT2D eigenvalue weighted by atomic mass is 10.3. The van der Waals surface area contributed by atoms with Gasteiger partial charge in [-0.05, 0) is 33.1 Å². The Bertz CT molecular complexity index is 404. The Morgan fingerprint density at radius 2 is 2.15 bits per heavy atom. The number of aryl methyl sites for hydroxylation is 1. The third-order valence-corrected chi connectivity index (χ3v) is 4.75. The summed E-state index contributed by atoms with van der Waals surface area (Å²) < 4.78 is 5.46. The smallest absolute Gasteiger partial charge is 0.185 e. The Morgan fingerprint density at radius 1 is 1.35 bits per heavy atom. The van der Waals surface area contributed by atoms with Crippen molar-refractivity contribution in [2.24, 2.45) is 0 Å². The lowest BCUT2D eigenvalue weighted by Crippen LogP contribution is -2.27. The van der Waals surface area contributed by atoms with Crippen LogP contribution in [0.15, 0.2) is 0 Å². The molecule has 1 N–H and O–H groups in total. The summed E-state index contributed by atoms with van der Waals surface area (Å²) in [7, 11) is 0. The number of rotatable bonds is 10. The molecular formula is C15H27N3OS. The molecule has 0 aromatic carbocycles. The van der Waals surface area contributed by atoms with Gasteiger partial charge in [-0.1, -0.05) is 6.92 Å². The molecule has 2 rings (SSSR count). The van der Waals surface area contributed by atoms with Crippen LogP contribution in [0, 0.1) is 0 Å². The fourth-order valence-corrected chi connectivity index (χ4v) is 3.34. The predicted molar refractivity (Wildman–Crippen MR) is 85.7 cm³/mol. The first kappa shape index (κ1) is 15.7. The maximum absolute atomic E-state index is 5.46. The van der Waals surface area contributed by atoms with Gasteiger partial charge in [-0.15, -0.1) is 11.3 Å². The monoisotopic (exact) mass is 297 g/mol. The second-order valence-corrected chi connectivity index (χ2v) is 6.21. The molecule has 0 spiro atoms. The lowest BCUT2D eigenvalue weighted by molar-refractivity contribution is 0.154. The highest BCUT2D eigenvalue weighted by Gasteiger charge is 2.22. The van der Waals surface area contributed by atoms with E-state index < -0.39 is 0 Å². The van der Waals surface area contributed by atoms with Crippen molar-refractivity contribution in [3.05, 3.63) is 10.6 Å². The van der Waals surface area contributed by atoms with E-state index in [4.69, 9.17) is 9.72 Å². The highest BCUT2D eigenvalue weighted by molar-refractivity contribution is 7.15. The zero-order valence-corrected chi connectivity index (χ0v) is 13.8. The minimum Gasteiger partial charge on any atom is -0.380 e. The Balaban J connectivity index is 1.97. The lowest BCUT2D eigenvalue weighted by Gasteiger charge is -2.19. The van der Waals surface area contributed by atoms with Crippen LogP contribution in [0.3, 0.4) is 0 Å². The Kier molecular flexibility index (Phi) is 6.26. The van der Waals surface area contributed by atoms with E-state index in [9.17, 15) is 0 Å². The molecule has 1 aromatic rings. The topological polar surface area (TPSA) is 37.4 Å². The fraction of sp³-hybridized carbons (Fsp3) is 0.800. The van der Waals surface area contributed by atoms with E-state index >= 15 is 0 Å². The summed E-state index contributed by atoms with van der Waals surface area (Å²) in [6, 6.07) is 0.755. The van der Waals surface area contributed by atoms with Crippen LogP contribution >= 0.6 is 11.3 Å². The van der Waals surface area contributed by atoms with Gasteiger partial charge in [-0.2, -0.15) is 0 Å². The van der Waals surface area contributed by atoms with Gasteiger partial charge in [-0.25, -0.2) is 4.98 Å². The zero-order valence-electron chi connectivity index (χ0n) is 12.9. The predicted octanol–water partition coefficient (Wildman–Crippen LogP) is 2.82. The van der Waals surface area contributed by atoms with Crippen molar-refractivity contribution in [2.75, 3.05) is 31.2 Å². The molecule has 1 aliphatic carbocycles. The number of hydrogen-bond donors (Lipinski definition) is 1. The Morgan fingerprint density at radius 3 is 2.75 bits per heavy atom. The van der Waals surface area contributed by atoms with E-state index in [-0.39, 0.29) is 0 Å². The van der Waals surface area contributed by atoms with Crippen LogP contribution in [0.1, 0.15) is 44.2 Å². The number of nitrogens with zero attached hydrogens (tertiary/aromatic N) is 2. The van der Waals surface area contributed by atoms with Crippen molar-refractivity contribution < 1.29 is 4.74 Å². The van der Waals surface area contributed by atoms with Crippen LogP contribution in [0.2, 0.25) is 0 Å². The van der Waals surface area contributed by atoms with Gasteiger partial charge in [0.25, 0.3) is 0 Å². The van der Waals surface area contributed by atoms with Crippen LogP contribution in [-0.2, 0) is 17.7 Å². The average Bonchev–Trinajstić information content (AvgIpc) is 3.21. The largest absolute Gasteiger partial charge is 0.380 e. The Hall–Kier alpha value is -0.650. The molecule has 5 heteroatoms. The summed E-state index contributed by atoms with van der Waals surface area (Å²) in [5, 5.41) is 4.75. The summed E-state index contributed by atoms with van der Waals surface area (Å²) in [6.45, 7) is 10.9. The van der Waals surface area contributed by atoms with Crippen molar-refractivity contribution in [3.8, 4) is 0 Å². The van der Waals surface area contributed by atoms with Crippen LogP contribution in [0.5, 0.6) is 0 Å². The second-order valence-electron chi connectivity index (χ2n) is 5.15. The van der Waals surface area contributed by atoms with Gasteiger partial charge in [0.15, 0.2) is 5.13 Å². The van der Waals surface area contributed by atoms with E-state index in [1.807, 2.05) is 18.3 Å². The second kappa shape index (κ2) is 7.96. The van der Waals surface area contributed by atoms with Crippen LogP contribution < -0.4 is 10.2 Å². The quantitative estimate of drug-likeness (QED) is 0.674. The minimum absolute atomic E-state index is 0.755. The number of thiazole rings is 1. The molecule has 1 saturated carbocycles. The molecule has 1 aromatic heterocycles. The fourth-order valence-electron chi connectivity index (χ4n) is 2.15. The van der Waals surface area contributed by atoms with Crippen LogP contribution in [0.25, 0.3) is 0 Å². The van der Waals surface area contributed by atoms with E-state index in [2.05, 4.69) is 24.1 Å². The maximum Gasteiger partial charge on any atom is 0.185 e. The molecule has 4 nitrogen and oxygen atoms in total. The minimum atomic E-state index is 0.755. The number of hydrogen-bond acceptors (Lipinski definition) is 5. The number of nitrogens with one attached hydrogen (secondary N) is 1. The number of aromatic nitrogens is 1. The number of anilines is 1. The molecule has 0 amide bonds. The van der Waals surface area contributed by atoms with E-state index in [1.165, 1.54) is 23.4 Å². The standard InChI is InChI=1S/C15H27N3OS/c1-4-13-14(11-16-12-7-8-12)20-15(17-13)18(5-2)9-10-19-6-3/h12,16H,4-11H2,1-3H3.